The fraction of sp³-hybridized carbons (Fsp3) is 0.667. The maximum absolute atomic E-state index is 12.2. The number of anilines is 1. The Morgan fingerprint density at radius 3 is 2.74 bits per heavy atom. The van der Waals surface area contributed by atoms with Gasteiger partial charge in [-0.15, -0.1) is 0 Å². The van der Waals surface area contributed by atoms with Crippen LogP contribution in [-0.2, 0) is 21.1 Å². The lowest BCUT2D eigenvalue weighted by atomic mass is 10.2. The third-order valence-electron chi connectivity index (χ3n) is 5.15. The molecule has 0 saturated carbocycles. The van der Waals surface area contributed by atoms with E-state index in [-0.39, 0.29) is 5.75 Å². The van der Waals surface area contributed by atoms with Crippen molar-refractivity contribution in [3.05, 3.63) is 23.9 Å². The Morgan fingerprint density at radius 2 is 2.07 bits per heavy atom. The summed E-state index contributed by atoms with van der Waals surface area (Å²) < 4.78 is 29.1. The minimum absolute atomic E-state index is 0.150. The van der Waals surface area contributed by atoms with Crippen molar-refractivity contribution in [1.82, 2.24) is 15.2 Å². The molecule has 27 heavy (non-hydrogen) atoms. The number of guanidine groups is 1. The first-order valence-corrected chi connectivity index (χ1v) is 10.9. The van der Waals surface area contributed by atoms with E-state index >= 15 is 0 Å². The molecule has 1 aromatic rings. The molecule has 150 valence electrons. The molecular weight excluding hydrogens is 366 g/mol. The molecule has 9 heteroatoms. The summed E-state index contributed by atoms with van der Waals surface area (Å²) in [5.74, 6) is 1.83. The molecule has 0 bridgehead atoms. The van der Waals surface area contributed by atoms with E-state index in [4.69, 9.17) is 4.74 Å². The predicted molar refractivity (Wildman–Crippen MR) is 107 cm³/mol. The van der Waals surface area contributed by atoms with Crippen molar-refractivity contribution in [3.8, 4) is 0 Å². The predicted octanol–water partition coefficient (Wildman–Crippen LogP) is 0.503. The second-order valence-corrected chi connectivity index (χ2v) is 10.3. The van der Waals surface area contributed by atoms with Crippen LogP contribution in [0.3, 0.4) is 0 Å². The molecule has 0 atom stereocenters. The lowest BCUT2D eigenvalue weighted by Gasteiger charge is -2.39. The molecule has 3 rings (SSSR count). The molecule has 8 nitrogen and oxygen atoms in total. The highest BCUT2D eigenvalue weighted by Crippen LogP contribution is 2.23. The topological polar surface area (TPSA) is 87.1 Å². The Kier molecular flexibility index (Phi) is 5.90. The molecule has 0 amide bonds. The lowest BCUT2D eigenvalue weighted by molar-refractivity contribution is 0.122. The highest BCUT2D eigenvalue weighted by atomic mass is 32.2. The molecule has 0 aromatic carbocycles. The second kappa shape index (κ2) is 8.02. The summed E-state index contributed by atoms with van der Waals surface area (Å²) in [7, 11) is -1.34. The largest absolute Gasteiger partial charge is 0.378 e. The Morgan fingerprint density at radius 1 is 1.33 bits per heavy atom. The van der Waals surface area contributed by atoms with E-state index in [1.54, 1.807) is 20.9 Å². The van der Waals surface area contributed by atoms with Gasteiger partial charge in [0, 0.05) is 46.0 Å². The van der Waals surface area contributed by atoms with E-state index in [9.17, 15) is 8.42 Å². The zero-order chi connectivity index (χ0) is 19.5. The van der Waals surface area contributed by atoms with Crippen molar-refractivity contribution < 1.29 is 13.2 Å². The monoisotopic (exact) mass is 395 g/mol. The van der Waals surface area contributed by atoms with E-state index in [0.717, 1.165) is 43.6 Å². The summed E-state index contributed by atoms with van der Waals surface area (Å²) in [4.78, 5) is 13.1. The van der Waals surface area contributed by atoms with Crippen molar-refractivity contribution >= 4 is 21.6 Å². The summed E-state index contributed by atoms with van der Waals surface area (Å²) in [5, 5.41) is 3.36. The van der Waals surface area contributed by atoms with Gasteiger partial charge in [-0.25, -0.2) is 13.4 Å². The summed E-state index contributed by atoms with van der Waals surface area (Å²) in [5.41, 5.74) is 1.11. The number of rotatable bonds is 3. The van der Waals surface area contributed by atoms with Gasteiger partial charge in [0.05, 0.1) is 23.7 Å². The Labute approximate surface area is 161 Å². The van der Waals surface area contributed by atoms with Crippen molar-refractivity contribution in [2.75, 3.05) is 57.1 Å². The fourth-order valence-electron chi connectivity index (χ4n) is 3.37. The average molecular weight is 396 g/mol. The van der Waals surface area contributed by atoms with Gasteiger partial charge in [-0.2, -0.15) is 0 Å². The maximum atomic E-state index is 12.2. The van der Waals surface area contributed by atoms with Gasteiger partial charge in [-0.1, -0.05) is 0 Å². The zero-order valence-electron chi connectivity index (χ0n) is 16.3. The summed E-state index contributed by atoms with van der Waals surface area (Å²) in [6.07, 6.45) is 1.82. The van der Waals surface area contributed by atoms with Gasteiger partial charge < -0.3 is 19.9 Å². The Bertz CT molecular complexity index is 788. The molecular formula is C18H29N5O3S. The number of ether oxygens (including phenoxy) is 1. The number of hydrogen-bond donors (Lipinski definition) is 1. The highest BCUT2D eigenvalue weighted by molar-refractivity contribution is 7.92. The summed E-state index contributed by atoms with van der Waals surface area (Å²) in [6, 6.07) is 4.06. The standard InChI is InChI=1S/C18H29N5O3S/c1-18(2)14-23(8-11-27(18,24)25)17(19-3)21-13-15-4-5-20-16(12-15)22-6-9-26-10-7-22/h4-5,12H,6-11,13-14H2,1-3H3,(H,19,21). The summed E-state index contributed by atoms with van der Waals surface area (Å²) >= 11 is 0. The molecule has 2 aliphatic heterocycles. The van der Waals surface area contributed by atoms with Gasteiger partial charge in [0.1, 0.15) is 5.82 Å². The van der Waals surface area contributed by atoms with E-state index in [1.165, 1.54) is 0 Å². The Balaban J connectivity index is 1.63. The zero-order valence-corrected chi connectivity index (χ0v) is 17.1. The van der Waals surface area contributed by atoms with Crippen molar-refractivity contribution in [1.29, 1.82) is 0 Å². The van der Waals surface area contributed by atoms with Crippen LogP contribution in [0.25, 0.3) is 0 Å². The molecule has 1 aromatic heterocycles. The van der Waals surface area contributed by atoms with Crippen LogP contribution in [0.1, 0.15) is 19.4 Å². The Hall–Kier alpha value is -1.87. The smallest absolute Gasteiger partial charge is 0.193 e. The number of nitrogens with zero attached hydrogens (tertiary/aromatic N) is 4. The summed E-state index contributed by atoms with van der Waals surface area (Å²) in [6.45, 7) is 8.21. The molecule has 2 aliphatic rings. The second-order valence-electron chi connectivity index (χ2n) is 7.52. The van der Waals surface area contributed by atoms with Crippen LogP contribution in [0.15, 0.2) is 23.3 Å². The van der Waals surface area contributed by atoms with Crippen molar-refractivity contribution in [3.63, 3.8) is 0 Å². The number of aromatic nitrogens is 1. The van der Waals surface area contributed by atoms with E-state index in [0.29, 0.717) is 19.6 Å². The van der Waals surface area contributed by atoms with Crippen LogP contribution in [0.5, 0.6) is 0 Å². The number of sulfone groups is 1. The highest BCUT2D eigenvalue weighted by Gasteiger charge is 2.40. The number of nitrogens with one attached hydrogen (secondary N) is 1. The average Bonchev–Trinajstić information content (AvgIpc) is 2.66. The molecule has 0 spiro atoms. The molecule has 0 aliphatic carbocycles. The van der Waals surface area contributed by atoms with Gasteiger partial charge >= 0.3 is 0 Å². The first kappa shape index (κ1) is 19.9. The molecule has 3 heterocycles. The van der Waals surface area contributed by atoms with Gasteiger partial charge in [0.25, 0.3) is 0 Å². The van der Waals surface area contributed by atoms with E-state index < -0.39 is 14.6 Å². The number of hydrogen-bond acceptors (Lipinski definition) is 6. The van der Waals surface area contributed by atoms with Crippen LogP contribution in [0.4, 0.5) is 5.82 Å². The SMILES string of the molecule is CN=C(NCc1ccnc(N2CCOCC2)c1)N1CCS(=O)(=O)C(C)(C)C1. The van der Waals surface area contributed by atoms with Crippen molar-refractivity contribution in [2.45, 2.75) is 25.1 Å². The van der Waals surface area contributed by atoms with Gasteiger partial charge in [0.2, 0.25) is 0 Å². The normalized spacial score (nSPS) is 22.6. The minimum atomic E-state index is -3.07. The van der Waals surface area contributed by atoms with E-state index in [1.807, 2.05) is 17.2 Å². The molecule has 0 radical (unpaired) electrons. The first-order valence-electron chi connectivity index (χ1n) is 9.28. The maximum Gasteiger partial charge on any atom is 0.193 e. The number of aliphatic imine (C=N–C) groups is 1. The number of pyridine rings is 1. The third kappa shape index (κ3) is 4.52. The quantitative estimate of drug-likeness (QED) is 0.589. The fourth-order valence-corrected chi connectivity index (χ4v) is 4.74. The molecule has 2 fully saturated rings. The molecule has 0 unspecified atom stereocenters. The minimum Gasteiger partial charge on any atom is -0.378 e. The van der Waals surface area contributed by atoms with E-state index in [2.05, 4.69) is 26.3 Å². The van der Waals surface area contributed by atoms with Crippen LogP contribution in [0.2, 0.25) is 0 Å². The molecule has 1 N–H and O–H groups in total. The van der Waals surface area contributed by atoms with Crippen LogP contribution < -0.4 is 10.2 Å². The first-order chi connectivity index (χ1) is 12.8. The van der Waals surface area contributed by atoms with Gasteiger partial charge in [0.15, 0.2) is 15.8 Å². The van der Waals surface area contributed by atoms with Gasteiger partial charge in [-0.05, 0) is 31.5 Å². The van der Waals surface area contributed by atoms with Gasteiger partial charge in [-0.3, -0.25) is 4.99 Å². The van der Waals surface area contributed by atoms with Crippen LogP contribution >= 0.6 is 0 Å². The van der Waals surface area contributed by atoms with Crippen LogP contribution in [0, 0.1) is 0 Å². The lowest BCUT2D eigenvalue weighted by Crippen LogP contribution is -2.57. The third-order valence-corrected chi connectivity index (χ3v) is 7.68. The van der Waals surface area contributed by atoms with Crippen LogP contribution in [-0.4, -0.2) is 81.2 Å². The van der Waals surface area contributed by atoms with Crippen molar-refractivity contribution in [2.24, 2.45) is 4.99 Å². The number of morpholine rings is 1. The molecule has 2 saturated heterocycles.